The summed E-state index contributed by atoms with van der Waals surface area (Å²) in [5, 5.41) is 11.2. The fourth-order valence-electron chi connectivity index (χ4n) is 5.25. The quantitative estimate of drug-likeness (QED) is 0.0491. The van der Waals surface area contributed by atoms with Crippen molar-refractivity contribution in [2.24, 2.45) is 0 Å². The maximum atomic E-state index is 12.0. The van der Waals surface area contributed by atoms with Crippen LogP contribution >= 0.6 is 0 Å². The molecule has 0 bridgehead atoms. The molecule has 4 rings (SSSR count). The highest BCUT2D eigenvalue weighted by atomic mass is 16.2. The van der Waals surface area contributed by atoms with Gasteiger partial charge in [-0.1, -0.05) is 84.4 Å². The summed E-state index contributed by atoms with van der Waals surface area (Å²) in [5.74, 6) is -0.529. The fraction of sp³-hybridized carbons (Fsp3) is 0.261. The lowest BCUT2D eigenvalue weighted by atomic mass is 10.1. The van der Waals surface area contributed by atoms with E-state index in [9.17, 15) is 28.8 Å². The predicted octanol–water partition coefficient (Wildman–Crippen LogP) is 9.46. The Labute approximate surface area is 329 Å². The minimum absolute atomic E-state index is 0.00400. The van der Waals surface area contributed by atoms with E-state index in [0.29, 0.717) is 25.7 Å². The highest BCUT2D eigenvalue weighted by Gasteiger charge is 2.08. The van der Waals surface area contributed by atoms with Gasteiger partial charge in [0.2, 0.25) is 23.6 Å². The summed E-state index contributed by atoms with van der Waals surface area (Å²) in [6, 6.07) is 37.0. The maximum absolute atomic E-state index is 12.0. The highest BCUT2D eigenvalue weighted by Crippen LogP contribution is 2.12. The normalized spacial score (nSPS) is 10.8. The minimum atomic E-state index is -0.178. The Bertz CT molecular complexity index is 1880. The van der Waals surface area contributed by atoms with Gasteiger partial charge in [0.05, 0.1) is 0 Å². The van der Waals surface area contributed by atoms with Gasteiger partial charge in [0.1, 0.15) is 0 Å². The molecule has 10 nitrogen and oxygen atoms in total. The number of carbonyl (C=O) groups is 6. The number of allylic oxidation sites excluding steroid dienone is 4. The molecule has 0 aliphatic heterocycles. The first-order valence-corrected chi connectivity index (χ1v) is 18.9. The number of rotatable bonds is 21. The summed E-state index contributed by atoms with van der Waals surface area (Å²) in [4.78, 5) is 71.2. The molecule has 56 heavy (non-hydrogen) atoms. The topological polar surface area (TPSA) is 151 Å². The molecule has 0 heterocycles. The lowest BCUT2D eigenvalue weighted by Gasteiger charge is -2.05. The molecule has 0 unspecified atom stereocenters. The van der Waals surface area contributed by atoms with Gasteiger partial charge in [0.25, 0.3) is 0 Å². The average molecular weight is 757 g/mol. The van der Waals surface area contributed by atoms with Crippen LogP contribution in [0, 0.1) is 0 Å². The molecule has 0 radical (unpaired) electrons. The smallest absolute Gasteiger partial charge is 0.224 e. The molecule has 4 N–H and O–H groups in total. The Morgan fingerprint density at radius 3 is 1.18 bits per heavy atom. The number of hydrogen-bond acceptors (Lipinski definition) is 6. The first-order chi connectivity index (χ1) is 27.2. The monoisotopic (exact) mass is 756 g/mol. The van der Waals surface area contributed by atoms with Crippen molar-refractivity contribution in [2.75, 3.05) is 21.3 Å². The standard InChI is InChI=1S/2C23H26N2O3/c1-18(9-8-14-22(27)24-19-10-4-2-5-11-19)17-21(26)15-16-23(28)25-20-12-6-3-7-13-20;26-21(17-18-23(28)25-20-13-7-4-8-14-20)15-9-1-2-10-16-22(27)24-19-11-5-3-6-12-19/h2-7,10-13,17H,8-9,14-16H2,1H3,(H,24,27)(H,25,28);3-9,11-15H,1-2,10,16-18H2,(H,24,27)(H,25,28)/b18-17+;15-9+. The fourth-order valence-corrected chi connectivity index (χ4v) is 5.25. The third-order valence-electron chi connectivity index (χ3n) is 8.14. The van der Waals surface area contributed by atoms with Gasteiger partial charge >= 0.3 is 0 Å². The molecule has 0 aliphatic carbocycles. The Hall–Kier alpha value is -6.42. The van der Waals surface area contributed by atoms with Crippen molar-refractivity contribution in [3.63, 3.8) is 0 Å². The van der Waals surface area contributed by atoms with Gasteiger partial charge in [-0.15, -0.1) is 0 Å². The molecular weight excluding hydrogens is 705 g/mol. The van der Waals surface area contributed by atoms with E-state index in [1.807, 2.05) is 110 Å². The number of carbonyl (C=O) groups excluding carboxylic acids is 6. The van der Waals surface area contributed by atoms with Crippen LogP contribution in [-0.4, -0.2) is 35.2 Å². The van der Waals surface area contributed by atoms with Crippen molar-refractivity contribution in [2.45, 2.75) is 77.6 Å². The summed E-state index contributed by atoms with van der Waals surface area (Å²) in [6.07, 6.45) is 10.1. The lowest BCUT2D eigenvalue weighted by molar-refractivity contribution is -0.120. The Morgan fingerprint density at radius 2 is 0.768 bits per heavy atom. The zero-order chi connectivity index (χ0) is 40.2. The van der Waals surface area contributed by atoms with E-state index < -0.39 is 0 Å². The average Bonchev–Trinajstić information content (AvgIpc) is 3.19. The van der Waals surface area contributed by atoms with Crippen molar-refractivity contribution in [1.82, 2.24) is 0 Å². The molecule has 4 amide bonds. The summed E-state index contributed by atoms with van der Waals surface area (Å²) in [6.45, 7) is 1.87. The van der Waals surface area contributed by atoms with Crippen LogP contribution in [-0.2, 0) is 28.8 Å². The lowest BCUT2D eigenvalue weighted by Crippen LogP contribution is -2.12. The number of benzene rings is 4. The second kappa shape index (κ2) is 26.4. The molecular formula is C46H52N4O6. The molecule has 0 spiro atoms. The van der Waals surface area contributed by atoms with Gasteiger partial charge in [-0.2, -0.15) is 0 Å². The molecule has 292 valence electrons. The predicted molar refractivity (Wildman–Crippen MR) is 224 cm³/mol. The van der Waals surface area contributed by atoms with Crippen LogP contribution in [0.4, 0.5) is 22.7 Å². The van der Waals surface area contributed by atoms with E-state index in [1.54, 1.807) is 30.3 Å². The van der Waals surface area contributed by atoms with Gasteiger partial charge < -0.3 is 21.3 Å². The number of amides is 4. The van der Waals surface area contributed by atoms with Crippen LogP contribution < -0.4 is 21.3 Å². The van der Waals surface area contributed by atoms with Gasteiger partial charge in [-0.25, -0.2) is 0 Å². The van der Waals surface area contributed by atoms with E-state index >= 15 is 0 Å². The Balaban J connectivity index is 0.000000300. The van der Waals surface area contributed by atoms with E-state index in [-0.39, 0.29) is 60.9 Å². The van der Waals surface area contributed by atoms with Gasteiger partial charge in [0.15, 0.2) is 11.6 Å². The zero-order valence-electron chi connectivity index (χ0n) is 32.0. The molecule has 10 heteroatoms. The van der Waals surface area contributed by atoms with Crippen molar-refractivity contribution in [3.05, 3.63) is 145 Å². The minimum Gasteiger partial charge on any atom is -0.326 e. The first kappa shape index (κ1) is 44.0. The Kier molecular flexibility index (Phi) is 20.7. The summed E-state index contributed by atoms with van der Waals surface area (Å²) >= 11 is 0. The third kappa shape index (κ3) is 20.7. The molecule has 0 saturated carbocycles. The molecule has 0 atom stereocenters. The van der Waals surface area contributed by atoms with Crippen LogP contribution in [0.3, 0.4) is 0 Å². The zero-order valence-corrected chi connectivity index (χ0v) is 32.0. The first-order valence-electron chi connectivity index (χ1n) is 18.9. The largest absolute Gasteiger partial charge is 0.326 e. The summed E-state index contributed by atoms with van der Waals surface area (Å²) < 4.78 is 0. The van der Waals surface area contributed by atoms with Gasteiger partial charge in [0, 0.05) is 61.3 Å². The van der Waals surface area contributed by atoms with Crippen molar-refractivity contribution >= 4 is 57.9 Å². The SMILES string of the molecule is C/C(=C\C(=O)CCC(=O)Nc1ccccc1)CCCC(=O)Nc1ccccc1.O=C(/C=C/CCCCC(=O)Nc1ccccc1)CCC(=O)Nc1ccccc1. The number of para-hydroxylation sites is 4. The number of anilines is 4. The molecule has 4 aromatic rings. The molecule has 0 fully saturated rings. The molecule has 0 aliphatic rings. The maximum Gasteiger partial charge on any atom is 0.224 e. The number of hydrogen-bond donors (Lipinski definition) is 4. The molecule has 0 aromatic heterocycles. The number of unbranched alkanes of at least 4 members (excludes halogenated alkanes) is 2. The van der Waals surface area contributed by atoms with Crippen LogP contribution in [0.2, 0.25) is 0 Å². The molecule has 4 aromatic carbocycles. The van der Waals surface area contributed by atoms with Gasteiger partial charge in [-0.3, -0.25) is 28.8 Å². The highest BCUT2D eigenvalue weighted by molar-refractivity contribution is 5.97. The van der Waals surface area contributed by atoms with Crippen LogP contribution in [0.15, 0.2) is 145 Å². The van der Waals surface area contributed by atoms with Crippen LogP contribution in [0.25, 0.3) is 0 Å². The number of ketones is 2. The van der Waals surface area contributed by atoms with E-state index in [0.717, 1.165) is 47.6 Å². The van der Waals surface area contributed by atoms with E-state index in [4.69, 9.17) is 0 Å². The summed E-state index contributed by atoms with van der Waals surface area (Å²) in [5.41, 5.74) is 3.95. The second-order valence-corrected chi connectivity index (χ2v) is 13.1. The third-order valence-corrected chi connectivity index (χ3v) is 8.14. The van der Waals surface area contributed by atoms with Crippen molar-refractivity contribution in [1.29, 1.82) is 0 Å². The van der Waals surface area contributed by atoms with Crippen LogP contribution in [0.5, 0.6) is 0 Å². The van der Waals surface area contributed by atoms with E-state index in [1.165, 1.54) is 6.08 Å². The van der Waals surface area contributed by atoms with Crippen molar-refractivity contribution in [3.8, 4) is 0 Å². The van der Waals surface area contributed by atoms with Crippen molar-refractivity contribution < 1.29 is 28.8 Å². The van der Waals surface area contributed by atoms with E-state index in [2.05, 4.69) is 21.3 Å². The summed E-state index contributed by atoms with van der Waals surface area (Å²) in [7, 11) is 0. The van der Waals surface area contributed by atoms with Crippen LogP contribution in [0.1, 0.15) is 77.6 Å². The number of nitrogens with one attached hydrogen (secondary N) is 4. The Morgan fingerprint density at radius 1 is 0.411 bits per heavy atom. The molecule has 0 saturated heterocycles. The van der Waals surface area contributed by atoms with Gasteiger partial charge in [-0.05, 0) is 99.7 Å². The second-order valence-electron chi connectivity index (χ2n) is 13.1.